The molecule has 20 nitrogen and oxygen atoms in total. The van der Waals surface area contributed by atoms with Gasteiger partial charge in [-0.3, -0.25) is 0 Å². The van der Waals surface area contributed by atoms with Gasteiger partial charge in [-0.25, -0.2) is 24.0 Å². The summed E-state index contributed by atoms with van der Waals surface area (Å²) in [6, 6.07) is 56.0. The van der Waals surface area contributed by atoms with Crippen LogP contribution in [-0.2, 0) is 103 Å². The number of methoxy groups -OCH3 is 4. The van der Waals surface area contributed by atoms with Gasteiger partial charge in [-0.15, -0.1) is 0 Å². The molecule has 0 aliphatic rings. The molecule has 0 amide bonds. The van der Waals surface area contributed by atoms with Crippen molar-refractivity contribution in [2.75, 3.05) is 28.4 Å². The zero-order valence-corrected chi connectivity index (χ0v) is 84.3. The third kappa shape index (κ3) is 36.3. The number of carboxylic acid groups (broad SMARTS) is 5. The largest absolute Gasteiger partial charge is 0.508 e. The topological polar surface area (TPSA) is 345 Å². The Morgan fingerprint density at radius 1 is 0.273 bits per heavy atom. The molecule has 0 fully saturated rings. The van der Waals surface area contributed by atoms with Gasteiger partial charge in [0.2, 0.25) is 0 Å². The van der Waals surface area contributed by atoms with Crippen molar-refractivity contribution in [3.8, 4) is 57.5 Å². The van der Waals surface area contributed by atoms with Gasteiger partial charge in [0.25, 0.3) is 0 Å². The molecule has 0 unspecified atom stereocenters. The molecule has 20 heteroatoms. The lowest BCUT2D eigenvalue weighted by molar-refractivity contribution is 0.0680. The van der Waals surface area contributed by atoms with Crippen molar-refractivity contribution in [2.24, 2.45) is 5.92 Å². The Balaban J connectivity index is 0.000000267. The quantitative estimate of drug-likeness (QED) is 0.0158. The average molecular weight is 1890 g/mol. The third-order valence-electron chi connectivity index (χ3n) is 23.7. The number of hydrogen-bond acceptors (Lipinski definition) is 15. The maximum Gasteiger partial charge on any atom is 0.339 e. The fourth-order valence-corrected chi connectivity index (χ4v) is 16.0. The van der Waals surface area contributed by atoms with E-state index in [0.29, 0.717) is 175 Å². The van der Waals surface area contributed by atoms with Crippen LogP contribution in [0.3, 0.4) is 0 Å². The van der Waals surface area contributed by atoms with E-state index in [1.165, 1.54) is 29.9 Å². The summed E-state index contributed by atoms with van der Waals surface area (Å²) in [5, 5.41) is 113. The molecule has 0 aliphatic carbocycles. The van der Waals surface area contributed by atoms with Crippen LogP contribution in [0.15, 0.2) is 257 Å². The number of phenolic OH excluding ortho intramolecular Hbond substituents is 1. The highest BCUT2D eigenvalue weighted by Gasteiger charge is 2.30. The van der Waals surface area contributed by atoms with Crippen LogP contribution in [0.4, 0.5) is 0 Å². The summed E-state index contributed by atoms with van der Waals surface area (Å²) >= 11 is 0. The van der Waals surface area contributed by atoms with Crippen LogP contribution in [0, 0.1) is 5.92 Å². The van der Waals surface area contributed by atoms with Crippen molar-refractivity contribution in [1.82, 2.24) is 0 Å². The number of allylic oxidation sites excluding steroid dienone is 14. The minimum atomic E-state index is -1.18. The van der Waals surface area contributed by atoms with E-state index in [1.807, 2.05) is 224 Å². The molecule has 11 N–H and O–H groups in total. The predicted molar refractivity (Wildman–Crippen MR) is 557 cm³/mol. The van der Waals surface area contributed by atoms with Crippen molar-refractivity contribution < 1.29 is 99.1 Å². The van der Waals surface area contributed by atoms with Gasteiger partial charge in [0.05, 0.1) is 28.4 Å². The number of carboxylic acids is 5. The zero-order valence-electron chi connectivity index (χ0n) is 84.3. The Morgan fingerprint density at radius 2 is 0.532 bits per heavy atom. The van der Waals surface area contributed by atoms with Crippen molar-refractivity contribution in [2.45, 2.75) is 232 Å². The third-order valence-corrected chi connectivity index (χ3v) is 23.7. The van der Waals surface area contributed by atoms with E-state index in [1.54, 1.807) is 39.5 Å². The van der Waals surface area contributed by atoms with Crippen LogP contribution in [0.1, 0.15) is 270 Å². The molecule has 0 heterocycles. The lowest BCUT2D eigenvalue weighted by Gasteiger charge is -2.21. The summed E-state index contributed by atoms with van der Waals surface area (Å²) in [4.78, 5) is 59.4. The average Bonchev–Trinajstić information content (AvgIpc) is 0.762. The molecule has 0 aliphatic heterocycles. The second kappa shape index (κ2) is 58.3. The van der Waals surface area contributed by atoms with Crippen LogP contribution in [0.2, 0.25) is 0 Å². The van der Waals surface area contributed by atoms with Gasteiger partial charge >= 0.3 is 29.8 Å². The fraction of sp³-hybridized carbons (Fsp3) is 0.336. The van der Waals surface area contributed by atoms with E-state index < -0.39 is 29.8 Å². The molecule has 10 aromatic rings. The van der Waals surface area contributed by atoms with Gasteiger partial charge in [0.15, 0.2) is 0 Å². The van der Waals surface area contributed by atoms with Crippen LogP contribution in [0.5, 0.6) is 57.5 Å². The van der Waals surface area contributed by atoms with E-state index >= 15 is 0 Å². The van der Waals surface area contributed by atoms with Crippen molar-refractivity contribution in [3.05, 3.63) is 374 Å². The molecule has 139 heavy (non-hydrogen) atoms. The number of benzene rings is 10. The normalized spacial score (nSPS) is 10.9. The Labute approximate surface area is 822 Å². The van der Waals surface area contributed by atoms with Gasteiger partial charge in [-0.05, 0) is 304 Å². The molecular weight excluding hydrogens is 1750 g/mol. The van der Waals surface area contributed by atoms with Gasteiger partial charge in [0.1, 0.15) is 85.3 Å². The van der Waals surface area contributed by atoms with Crippen LogP contribution in [0.25, 0.3) is 0 Å². The minimum absolute atomic E-state index is 0.00418. The Hall–Kier alpha value is -14.3. The van der Waals surface area contributed by atoms with Gasteiger partial charge < -0.3 is 75.1 Å². The van der Waals surface area contributed by atoms with Crippen LogP contribution >= 0.6 is 0 Å². The summed E-state index contributed by atoms with van der Waals surface area (Å²) in [6.45, 7) is 28.4. The second-order valence-corrected chi connectivity index (χ2v) is 36.3. The number of ether oxygens (including phenoxy) is 4. The number of phenols is 6. The van der Waals surface area contributed by atoms with Gasteiger partial charge in [-0.1, -0.05) is 247 Å². The molecule has 0 aromatic heterocycles. The van der Waals surface area contributed by atoms with Crippen LogP contribution in [-0.4, -0.2) is 114 Å². The van der Waals surface area contributed by atoms with E-state index in [9.17, 15) is 80.1 Å². The first kappa shape index (κ1) is 113. The summed E-state index contributed by atoms with van der Waals surface area (Å²) in [5.74, 6) is -4.17. The number of rotatable bonds is 43. The molecule has 10 aromatic carbocycles. The highest BCUT2D eigenvalue weighted by Crippen LogP contribution is 2.44. The second-order valence-electron chi connectivity index (χ2n) is 36.3. The first-order valence-corrected chi connectivity index (χ1v) is 47.3. The highest BCUT2D eigenvalue weighted by molar-refractivity contribution is 5.97. The maximum atomic E-state index is 12.2. The Bertz CT molecular complexity index is 5950. The molecule has 0 bridgehead atoms. The Morgan fingerprint density at radius 3 is 0.827 bits per heavy atom. The van der Waals surface area contributed by atoms with Gasteiger partial charge in [0, 0.05) is 33.4 Å². The number of carbonyl (C=O) groups is 5. The molecular formula is C119H144O20. The number of hydrogen-bond donors (Lipinski definition) is 11. The molecule has 740 valence electrons. The smallest absolute Gasteiger partial charge is 0.339 e. The summed E-state index contributed by atoms with van der Waals surface area (Å²) in [5.41, 5.74) is 19.6. The number of aryl methyl sites for hydroxylation is 9. The van der Waals surface area contributed by atoms with Gasteiger partial charge in [-0.2, -0.15) is 0 Å². The SMILES string of the molecule is CC(C)=CCC/C(C)=C/Cc1c(O)cc(CCc2ccccc2)c(C(=O)O)c1O.COc1c(CC=C(C)C)c(O)c(C(=O)O)c(CCc2ccccc2)c1CC=C(C)C.COc1cc(CCc2ccccc2)c(C(=O)O)c(O)c1C/C=C(\C)CCC=C(C)C.COc1cc(CCc2ccccc2)c(C(=O)O)c(O)c1CC=C(C)C.COc1cc(CCc2ccccc2)c(C(=O)O)c(O)c1CCC(C)C. The number of aromatic carboxylic acids is 5. The summed E-state index contributed by atoms with van der Waals surface area (Å²) < 4.78 is 22.1. The maximum absolute atomic E-state index is 12.2. The molecule has 0 saturated heterocycles. The van der Waals surface area contributed by atoms with E-state index in [0.717, 1.165) is 87.8 Å². The molecule has 0 atom stereocenters. The van der Waals surface area contributed by atoms with Crippen molar-refractivity contribution in [1.29, 1.82) is 0 Å². The Kier molecular flexibility index (Phi) is 47.6. The number of aromatic hydroxyl groups is 6. The summed E-state index contributed by atoms with van der Waals surface area (Å²) in [6.07, 6.45) is 27.4. The zero-order chi connectivity index (χ0) is 103. The first-order valence-electron chi connectivity index (χ1n) is 47.3. The summed E-state index contributed by atoms with van der Waals surface area (Å²) in [7, 11) is 6.20. The standard InChI is InChI=1S/2C26H32O4.C25H30O4.C21H26O4.C21H24O4/c1-17(2)11-14-21-20(16-13-19-9-7-6-8-10-19)23(26(28)29)24(27)22(25(21)30-5)15-12-18(3)4;1-18(2)9-8-10-19(3)13-16-22-23(30-4)17-21(24(25(22)27)26(28)29)15-14-20-11-6-5-7-12-20;1-17(2)8-7-9-18(3)12-15-21-22(26)16-20(23(24(21)27)25(28)29)14-13-19-10-5-4-6-11-19;2*1-14(2)9-12-17-18(25-3)13-16(19(20(17)22)21(23)24)11-10-15-7-5-4-6-8-15/h6-12,27H,13-16H2,1-5H3,(H,28,29);5-7,9,11-13,17,27H,8,10,14-16H2,1-4H3,(H,28,29);4-6,8,10-12,16,26-27H,7,9,13-15H2,1-3H3,(H,28,29);4-8,13-14,22H,9-12H2,1-3H3,(H,23,24);4-9,13,22H,10-12H2,1-3H3,(H,23,24)/b;19-13+;18-12+;;. The van der Waals surface area contributed by atoms with Crippen molar-refractivity contribution >= 4 is 29.8 Å². The molecule has 10 rings (SSSR count). The molecule has 0 spiro atoms. The highest BCUT2D eigenvalue weighted by atomic mass is 16.5. The fourth-order valence-electron chi connectivity index (χ4n) is 16.0. The monoisotopic (exact) mass is 1890 g/mol. The minimum Gasteiger partial charge on any atom is -0.508 e. The van der Waals surface area contributed by atoms with Crippen LogP contribution < -0.4 is 18.9 Å². The predicted octanol–water partition coefficient (Wildman–Crippen LogP) is 26.7. The van der Waals surface area contributed by atoms with E-state index in [-0.39, 0.29) is 74.3 Å². The van der Waals surface area contributed by atoms with E-state index in [2.05, 4.69) is 66.7 Å². The first-order chi connectivity index (χ1) is 66.2. The molecule has 0 radical (unpaired) electrons. The lowest BCUT2D eigenvalue weighted by Crippen LogP contribution is -2.12. The van der Waals surface area contributed by atoms with Crippen molar-refractivity contribution in [3.63, 3.8) is 0 Å². The van der Waals surface area contributed by atoms with E-state index in [4.69, 9.17) is 18.9 Å². The molecule has 0 saturated carbocycles. The lowest BCUT2D eigenvalue weighted by atomic mass is 9.87.